The Bertz CT molecular complexity index is 556. The highest BCUT2D eigenvalue weighted by atomic mass is 16.3. The van der Waals surface area contributed by atoms with Gasteiger partial charge in [-0.15, -0.1) is 0 Å². The highest BCUT2D eigenvalue weighted by molar-refractivity contribution is 5.89. The molecule has 2 atom stereocenters. The van der Waals surface area contributed by atoms with Gasteiger partial charge in [0.1, 0.15) is 0 Å². The van der Waals surface area contributed by atoms with Gasteiger partial charge in [-0.25, -0.2) is 0 Å². The second-order valence-electron chi connectivity index (χ2n) is 6.69. The molecule has 2 N–H and O–H groups in total. The van der Waals surface area contributed by atoms with Crippen LogP contribution in [0.3, 0.4) is 0 Å². The van der Waals surface area contributed by atoms with E-state index < -0.39 is 0 Å². The van der Waals surface area contributed by atoms with Gasteiger partial charge in [0.25, 0.3) is 0 Å². The predicted octanol–water partition coefficient (Wildman–Crippen LogP) is 1.87. The minimum atomic E-state index is -0.269. The van der Waals surface area contributed by atoms with Crippen molar-refractivity contribution in [1.29, 1.82) is 0 Å². The van der Waals surface area contributed by atoms with E-state index in [9.17, 15) is 9.59 Å². The summed E-state index contributed by atoms with van der Waals surface area (Å²) >= 11 is 0. The van der Waals surface area contributed by atoms with E-state index in [1.807, 2.05) is 31.2 Å². The van der Waals surface area contributed by atoms with Crippen LogP contribution in [0.5, 0.6) is 0 Å². The molecule has 0 radical (unpaired) electrons. The molecule has 0 bridgehead atoms. The second-order valence-corrected chi connectivity index (χ2v) is 6.69. The standard InChI is InChI=1S/C19H28N2O3/c1-3-15(8-9-22)11-20-19(24)17-10-18(23)21(13-17)12-16-6-4-14(2)5-7-16/h4-7,15,17,22H,3,8-13H2,1-2H3,(H,20,24)/t15-,17+/m1/s1. The summed E-state index contributed by atoms with van der Waals surface area (Å²) < 4.78 is 0. The molecule has 1 aromatic carbocycles. The lowest BCUT2D eigenvalue weighted by Gasteiger charge is -2.18. The first-order chi connectivity index (χ1) is 11.5. The van der Waals surface area contributed by atoms with Crippen molar-refractivity contribution in [2.45, 2.75) is 39.7 Å². The van der Waals surface area contributed by atoms with Crippen LogP contribution in [0.2, 0.25) is 0 Å². The summed E-state index contributed by atoms with van der Waals surface area (Å²) in [4.78, 5) is 26.2. The molecular weight excluding hydrogens is 304 g/mol. The molecular formula is C19H28N2O3. The highest BCUT2D eigenvalue weighted by Gasteiger charge is 2.34. The zero-order valence-electron chi connectivity index (χ0n) is 14.6. The fourth-order valence-corrected chi connectivity index (χ4v) is 3.04. The Kier molecular flexibility index (Phi) is 6.79. The molecule has 0 saturated carbocycles. The molecule has 2 rings (SSSR count). The van der Waals surface area contributed by atoms with Gasteiger partial charge in [-0.1, -0.05) is 43.2 Å². The number of hydrogen-bond acceptors (Lipinski definition) is 3. The zero-order valence-corrected chi connectivity index (χ0v) is 14.6. The number of likely N-dealkylation sites (tertiary alicyclic amines) is 1. The zero-order chi connectivity index (χ0) is 17.5. The molecule has 0 unspecified atom stereocenters. The Morgan fingerprint density at radius 3 is 2.71 bits per heavy atom. The molecule has 24 heavy (non-hydrogen) atoms. The van der Waals surface area contributed by atoms with Crippen molar-refractivity contribution in [2.75, 3.05) is 19.7 Å². The Morgan fingerprint density at radius 2 is 2.08 bits per heavy atom. The molecule has 1 aromatic rings. The van der Waals surface area contributed by atoms with Crippen molar-refractivity contribution in [3.63, 3.8) is 0 Å². The van der Waals surface area contributed by atoms with Crippen LogP contribution >= 0.6 is 0 Å². The number of nitrogens with zero attached hydrogens (tertiary/aromatic N) is 1. The van der Waals surface area contributed by atoms with E-state index in [0.717, 1.165) is 12.0 Å². The second kappa shape index (κ2) is 8.83. The third-order valence-corrected chi connectivity index (χ3v) is 4.76. The van der Waals surface area contributed by atoms with Gasteiger partial charge in [0, 0.05) is 32.7 Å². The van der Waals surface area contributed by atoms with Crippen LogP contribution in [0.4, 0.5) is 0 Å². The van der Waals surface area contributed by atoms with Gasteiger partial charge in [0.05, 0.1) is 5.92 Å². The predicted molar refractivity (Wildman–Crippen MR) is 93.2 cm³/mol. The maximum absolute atomic E-state index is 12.3. The number of carbonyl (C=O) groups is 2. The first-order valence-corrected chi connectivity index (χ1v) is 8.75. The molecule has 0 aromatic heterocycles. The van der Waals surface area contributed by atoms with E-state index in [1.165, 1.54) is 5.56 Å². The third-order valence-electron chi connectivity index (χ3n) is 4.76. The molecule has 0 spiro atoms. The van der Waals surface area contributed by atoms with E-state index in [4.69, 9.17) is 5.11 Å². The molecule has 2 amide bonds. The molecule has 5 nitrogen and oxygen atoms in total. The fraction of sp³-hybridized carbons (Fsp3) is 0.579. The Labute approximate surface area is 144 Å². The molecule has 1 saturated heterocycles. The quantitative estimate of drug-likeness (QED) is 0.763. The number of rotatable bonds is 8. The smallest absolute Gasteiger partial charge is 0.225 e. The molecule has 0 aliphatic carbocycles. The normalized spacial score (nSPS) is 18.7. The molecule has 1 fully saturated rings. The average molecular weight is 332 g/mol. The van der Waals surface area contributed by atoms with Crippen molar-refractivity contribution in [1.82, 2.24) is 10.2 Å². The van der Waals surface area contributed by atoms with Gasteiger partial charge in [0.15, 0.2) is 0 Å². The number of hydrogen-bond donors (Lipinski definition) is 2. The lowest BCUT2D eigenvalue weighted by molar-refractivity contribution is -0.129. The van der Waals surface area contributed by atoms with Crippen LogP contribution in [0.1, 0.15) is 37.3 Å². The van der Waals surface area contributed by atoms with Gasteiger partial charge >= 0.3 is 0 Å². The third kappa shape index (κ3) is 5.06. The number of nitrogens with one attached hydrogen (secondary N) is 1. The van der Waals surface area contributed by atoms with Gasteiger partial charge in [0.2, 0.25) is 11.8 Å². The number of aliphatic hydroxyl groups excluding tert-OH is 1. The maximum Gasteiger partial charge on any atom is 0.225 e. The Balaban J connectivity index is 1.84. The number of aliphatic hydroxyl groups is 1. The van der Waals surface area contributed by atoms with Crippen LogP contribution < -0.4 is 5.32 Å². The van der Waals surface area contributed by atoms with Crippen molar-refractivity contribution in [3.05, 3.63) is 35.4 Å². The Morgan fingerprint density at radius 1 is 1.38 bits per heavy atom. The van der Waals surface area contributed by atoms with E-state index in [0.29, 0.717) is 32.0 Å². The lowest BCUT2D eigenvalue weighted by atomic mass is 10.0. The van der Waals surface area contributed by atoms with Gasteiger partial charge < -0.3 is 15.3 Å². The number of benzene rings is 1. The maximum atomic E-state index is 12.3. The van der Waals surface area contributed by atoms with Crippen molar-refractivity contribution >= 4 is 11.8 Å². The molecule has 132 valence electrons. The Hall–Kier alpha value is -1.88. The van der Waals surface area contributed by atoms with Crippen LogP contribution in [0, 0.1) is 18.8 Å². The minimum absolute atomic E-state index is 0.0399. The summed E-state index contributed by atoms with van der Waals surface area (Å²) in [6, 6.07) is 8.12. The van der Waals surface area contributed by atoms with Crippen molar-refractivity contribution < 1.29 is 14.7 Å². The van der Waals surface area contributed by atoms with E-state index in [2.05, 4.69) is 12.2 Å². The average Bonchev–Trinajstić information content (AvgIpc) is 2.94. The monoisotopic (exact) mass is 332 g/mol. The summed E-state index contributed by atoms with van der Waals surface area (Å²) in [6.45, 7) is 5.83. The van der Waals surface area contributed by atoms with Crippen molar-refractivity contribution in [2.24, 2.45) is 11.8 Å². The first kappa shape index (κ1) is 18.5. The first-order valence-electron chi connectivity index (χ1n) is 8.75. The van der Waals surface area contributed by atoms with Crippen LogP contribution in [0.25, 0.3) is 0 Å². The summed E-state index contributed by atoms with van der Waals surface area (Å²) in [7, 11) is 0. The molecule has 1 heterocycles. The summed E-state index contributed by atoms with van der Waals surface area (Å²) in [5.41, 5.74) is 2.28. The van der Waals surface area contributed by atoms with Crippen LogP contribution in [0.15, 0.2) is 24.3 Å². The highest BCUT2D eigenvalue weighted by Crippen LogP contribution is 2.21. The van der Waals surface area contributed by atoms with Crippen LogP contribution in [-0.2, 0) is 16.1 Å². The number of aryl methyl sites for hydroxylation is 1. The number of amides is 2. The van der Waals surface area contributed by atoms with Gasteiger partial charge in [-0.3, -0.25) is 9.59 Å². The largest absolute Gasteiger partial charge is 0.396 e. The summed E-state index contributed by atoms with van der Waals surface area (Å²) in [5, 5.41) is 12.0. The van der Waals surface area contributed by atoms with E-state index in [1.54, 1.807) is 4.90 Å². The van der Waals surface area contributed by atoms with E-state index in [-0.39, 0.29) is 30.8 Å². The molecule has 1 aliphatic rings. The fourth-order valence-electron chi connectivity index (χ4n) is 3.04. The summed E-state index contributed by atoms with van der Waals surface area (Å²) in [5.74, 6) is 0.0126. The van der Waals surface area contributed by atoms with Gasteiger partial charge in [-0.05, 0) is 24.8 Å². The molecule has 1 aliphatic heterocycles. The van der Waals surface area contributed by atoms with Gasteiger partial charge in [-0.2, -0.15) is 0 Å². The van der Waals surface area contributed by atoms with Crippen molar-refractivity contribution in [3.8, 4) is 0 Å². The SMILES string of the molecule is CC[C@H](CCO)CNC(=O)[C@H]1CC(=O)N(Cc2ccc(C)cc2)C1. The lowest BCUT2D eigenvalue weighted by Crippen LogP contribution is -2.36. The molecule has 5 heteroatoms. The minimum Gasteiger partial charge on any atom is -0.396 e. The number of carbonyl (C=O) groups excluding carboxylic acids is 2. The summed E-state index contributed by atoms with van der Waals surface area (Å²) in [6.07, 6.45) is 1.90. The van der Waals surface area contributed by atoms with E-state index >= 15 is 0 Å². The van der Waals surface area contributed by atoms with Crippen LogP contribution in [-0.4, -0.2) is 41.5 Å². The topological polar surface area (TPSA) is 69.6 Å².